The molecule has 1 unspecified atom stereocenters. The fourth-order valence-electron chi connectivity index (χ4n) is 5.81. The van der Waals surface area contributed by atoms with Gasteiger partial charge in [0.05, 0.1) is 20.1 Å². The van der Waals surface area contributed by atoms with Gasteiger partial charge in [-0.15, -0.1) is 0 Å². The summed E-state index contributed by atoms with van der Waals surface area (Å²) in [5, 5.41) is 0. The number of halogens is 1. The third kappa shape index (κ3) is 8.07. The van der Waals surface area contributed by atoms with Crippen molar-refractivity contribution in [1.29, 1.82) is 0 Å². The Morgan fingerprint density at radius 2 is 1.90 bits per heavy atom. The molecule has 1 aliphatic carbocycles. The van der Waals surface area contributed by atoms with E-state index in [1.807, 2.05) is 26.8 Å². The largest absolute Gasteiger partial charge is 0.494 e. The molecule has 0 bridgehead atoms. The summed E-state index contributed by atoms with van der Waals surface area (Å²) >= 11 is 0. The molecule has 2 aliphatic rings. The maximum atomic E-state index is 14.4. The second-order valence-corrected chi connectivity index (χ2v) is 12.4. The van der Waals surface area contributed by atoms with Crippen molar-refractivity contribution in [2.75, 3.05) is 25.2 Å². The highest BCUT2D eigenvalue weighted by Gasteiger charge is 2.35. The van der Waals surface area contributed by atoms with Crippen LogP contribution in [-0.2, 0) is 31.9 Å². The van der Waals surface area contributed by atoms with Gasteiger partial charge in [0.15, 0.2) is 11.6 Å². The number of rotatable bonds is 11. The van der Waals surface area contributed by atoms with Crippen LogP contribution in [0.5, 0.6) is 5.75 Å². The number of nitrogens with zero attached hydrogens (tertiary/aromatic N) is 2. The van der Waals surface area contributed by atoms with Crippen LogP contribution in [0.25, 0.3) is 0 Å². The highest BCUT2D eigenvalue weighted by molar-refractivity contribution is 5.88. The van der Waals surface area contributed by atoms with Gasteiger partial charge in [-0.2, -0.15) is 0 Å². The van der Waals surface area contributed by atoms with Crippen molar-refractivity contribution in [2.45, 2.75) is 90.6 Å². The van der Waals surface area contributed by atoms with Crippen LogP contribution < -0.4 is 9.64 Å². The molecule has 228 valence electrons. The van der Waals surface area contributed by atoms with Crippen molar-refractivity contribution in [3.05, 3.63) is 53.0 Å². The number of ketones is 1. The Kier molecular flexibility index (Phi) is 10.2. The molecular formula is C33H43FN2O6. The SMILES string of the molecule is CCOC(=O)CC(CCC(=O)C1CC(Cc2ccc3c(n2)N(C(=O)OC(C)(C)C)CCC3)C1)c1ccc(OC)c(F)c1. The number of Topliss-reactive ketones (excluding diaryl/α,β-unsaturated/α-hetero) is 1. The van der Waals surface area contributed by atoms with Gasteiger partial charge in [-0.05, 0) is 107 Å². The van der Waals surface area contributed by atoms with Gasteiger partial charge in [0.25, 0.3) is 0 Å². The maximum absolute atomic E-state index is 14.4. The molecule has 1 fully saturated rings. The van der Waals surface area contributed by atoms with Gasteiger partial charge in [-0.1, -0.05) is 12.1 Å². The number of carbonyl (C=O) groups is 3. The fourth-order valence-corrected chi connectivity index (χ4v) is 5.81. The fraction of sp³-hybridized carbons (Fsp3) is 0.576. The van der Waals surface area contributed by atoms with Gasteiger partial charge in [0.2, 0.25) is 0 Å². The summed E-state index contributed by atoms with van der Waals surface area (Å²) in [6.45, 7) is 8.16. The van der Waals surface area contributed by atoms with E-state index in [9.17, 15) is 18.8 Å². The van der Waals surface area contributed by atoms with E-state index in [1.165, 1.54) is 13.2 Å². The van der Waals surface area contributed by atoms with E-state index in [0.29, 0.717) is 36.7 Å². The first-order chi connectivity index (χ1) is 20.0. The van der Waals surface area contributed by atoms with Crippen LogP contribution in [0.1, 0.15) is 89.0 Å². The monoisotopic (exact) mass is 582 g/mol. The Morgan fingerprint density at radius 3 is 2.57 bits per heavy atom. The minimum Gasteiger partial charge on any atom is -0.494 e. The van der Waals surface area contributed by atoms with Crippen LogP contribution in [0.2, 0.25) is 0 Å². The van der Waals surface area contributed by atoms with Crippen molar-refractivity contribution in [2.24, 2.45) is 11.8 Å². The number of amides is 1. The molecule has 0 radical (unpaired) electrons. The number of anilines is 1. The highest BCUT2D eigenvalue weighted by atomic mass is 19.1. The molecule has 8 nitrogen and oxygen atoms in total. The number of carbonyl (C=O) groups excluding carboxylic acids is 3. The lowest BCUT2D eigenvalue weighted by molar-refractivity contribution is -0.143. The Hall–Kier alpha value is -3.49. The topological polar surface area (TPSA) is 95.0 Å². The number of hydrogen-bond donors (Lipinski definition) is 0. The highest BCUT2D eigenvalue weighted by Crippen LogP contribution is 2.39. The van der Waals surface area contributed by atoms with E-state index < -0.39 is 11.4 Å². The zero-order valence-corrected chi connectivity index (χ0v) is 25.4. The molecule has 0 N–H and O–H groups in total. The normalized spacial score (nSPS) is 18.9. The molecule has 1 aromatic carbocycles. The van der Waals surface area contributed by atoms with Gasteiger partial charge in [0.1, 0.15) is 17.2 Å². The predicted octanol–water partition coefficient (Wildman–Crippen LogP) is 6.57. The molecule has 9 heteroatoms. The van der Waals surface area contributed by atoms with E-state index >= 15 is 0 Å². The number of methoxy groups -OCH3 is 1. The zero-order valence-electron chi connectivity index (χ0n) is 25.4. The van der Waals surface area contributed by atoms with Crippen molar-refractivity contribution in [3.8, 4) is 5.75 Å². The minimum atomic E-state index is -0.580. The minimum absolute atomic E-state index is 0.0262. The number of fused-ring (bicyclic) bond motifs is 1. The summed E-state index contributed by atoms with van der Waals surface area (Å²) in [4.78, 5) is 44.6. The number of aromatic nitrogens is 1. The average molecular weight is 583 g/mol. The van der Waals surface area contributed by atoms with E-state index in [0.717, 1.165) is 43.4 Å². The first-order valence-corrected chi connectivity index (χ1v) is 15.0. The third-order valence-electron chi connectivity index (χ3n) is 8.00. The standard InChI is InChI=1S/C33H43FN2O6/c1-6-41-30(38)20-24(23-11-14-29(40-5)27(34)19-23)10-13-28(37)25-16-21(17-25)18-26-12-9-22-8-7-15-36(31(22)35-26)32(39)42-33(2,3)4/h9,11-12,14,19,21,24-25H,6-8,10,13,15-18,20H2,1-5H3. The summed E-state index contributed by atoms with van der Waals surface area (Å²) in [6.07, 6.45) is 4.53. The van der Waals surface area contributed by atoms with E-state index in [4.69, 9.17) is 19.2 Å². The van der Waals surface area contributed by atoms with Gasteiger partial charge in [-0.3, -0.25) is 14.5 Å². The number of hydrogen-bond acceptors (Lipinski definition) is 7. The summed E-state index contributed by atoms with van der Waals surface area (Å²) in [5.41, 5.74) is 2.03. The van der Waals surface area contributed by atoms with Crippen LogP contribution in [-0.4, -0.2) is 48.7 Å². The number of benzene rings is 1. The number of aryl methyl sites for hydroxylation is 1. The van der Waals surface area contributed by atoms with Crippen molar-refractivity contribution in [3.63, 3.8) is 0 Å². The lowest BCUT2D eigenvalue weighted by Gasteiger charge is -2.35. The van der Waals surface area contributed by atoms with Crippen molar-refractivity contribution in [1.82, 2.24) is 4.98 Å². The Morgan fingerprint density at radius 1 is 1.14 bits per heavy atom. The molecule has 4 rings (SSSR count). The first-order valence-electron chi connectivity index (χ1n) is 15.0. The van der Waals surface area contributed by atoms with Crippen molar-refractivity contribution < 1.29 is 33.0 Å². The summed E-state index contributed by atoms with van der Waals surface area (Å²) in [6, 6.07) is 8.75. The quantitative estimate of drug-likeness (QED) is 0.277. The summed E-state index contributed by atoms with van der Waals surface area (Å²) in [7, 11) is 1.40. The average Bonchev–Trinajstić information content (AvgIpc) is 2.91. The van der Waals surface area contributed by atoms with Gasteiger partial charge < -0.3 is 14.2 Å². The van der Waals surface area contributed by atoms with Crippen LogP contribution in [0, 0.1) is 17.7 Å². The summed E-state index contributed by atoms with van der Waals surface area (Å²) < 4.78 is 30.1. The lowest BCUT2D eigenvalue weighted by Crippen LogP contribution is -2.40. The second-order valence-electron chi connectivity index (χ2n) is 12.4. The molecule has 42 heavy (non-hydrogen) atoms. The van der Waals surface area contributed by atoms with Crippen LogP contribution >= 0.6 is 0 Å². The molecule has 1 aromatic heterocycles. The Bertz CT molecular complexity index is 1280. The van der Waals surface area contributed by atoms with E-state index in [1.54, 1.807) is 24.0 Å². The van der Waals surface area contributed by atoms with Gasteiger partial charge >= 0.3 is 12.1 Å². The Balaban J connectivity index is 1.33. The number of pyridine rings is 1. The molecule has 1 saturated carbocycles. The van der Waals surface area contributed by atoms with Crippen LogP contribution in [0.15, 0.2) is 30.3 Å². The predicted molar refractivity (Wildman–Crippen MR) is 157 cm³/mol. The molecule has 0 saturated heterocycles. The smallest absolute Gasteiger partial charge is 0.416 e. The van der Waals surface area contributed by atoms with E-state index in [-0.39, 0.29) is 48.5 Å². The third-order valence-corrected chi connectivity index (χ3v) is 8.00. The number of esters is 1. The lowest BCUT2D eigenvalue weighted by atomic mass is 9.69. The van der Waals surface area contributed by atoms with Gasteiger partial charge in [0, 0.05) is 24.6 Å². The van der Waals surface area contributed by atoms with Crippen LogP contribution in [0.3, 0.4) is 0 Å². The summed E-state index contributed by atoms with van der Waals surface area (Å²) in [5.74, 6) is 0.120. The molecule has 2 heterocycles. The molecule has 1 amide bonds. The molecule has 0 spiro atoms. The first kappa shape index (κ1) is 31.4. The van der Waals surface area contributed by atoms with Crippen molar-refractivity contribution >= 4 is 23.7 Å². The van der Waals surface area contributed by atoms with E-state index in [2.05, 4.69) is 6.07 Å². The molecule has 1 aliphatic heterocycles. The molecular weight excluding hydrogens is 539 g/mol. The molecule has 1 atom stereocenters. The van der Waals surface area contributed by atoms with Gasteiger partial charge in [-0.25, -0.2) is 14.2 Å². The second kappa shape index (κ2) is 13.7. The molecule has 2 aromatic rings. The maximum Gasteiger partial charge on any atom is 0.416 e. The Labute approximate surface area is 247 Å². The number of ether oxygens (including phenoxy) is 3. The zero-order chi connectivity index (χ0) is 30.4. The van der Waals surface area contributed by atoms with Crippen LogP contribution in [0.4, 0.5) is 15.0 Å².